The van der Waals surface area contributed by atoms with E-state index in [9.17, 15) is 4.79 Å². The molecule has 134 valence electrons. The Hall–Kier alpha value is -2.70. The Morgan fingerprint density at radius 1 is 1.00 bits per heavy atom. The standard InChI is InChI=1S/C21H17N3OS2/c1-14-6-2-3-9-18(14)13-26-21-24-23-20(27-21)22-19(25)17-11-10-15-7-4-5-8-16(15)12-17/h2-12H,13H2,1H3,(H,22,23,25). The molecule has 1 amide bonds. The Labute approximate surface area is 165 Å². The van der Waals surface area contributed by atoms with Gasteiger partial charge in [-0.1, -0.05) is 77.7 Å². The Kier molecular flexibility index (Phi) is 5.18. The van der Waals surface area contributed by atoms with Crippen LogP contribution >= 0.6 is 23.1 Å². The van der Waals surface area contributed by atoms with E-state index in [4.69, 9.17) is 0 Å². The van der Waals surface area contributed by atoms with Crippen LogP contribution < -0.4 is 5.32 Å². The quantitative estimate of drug-likeness (QED) is 0.358. The van der Waals surface area contributed by atoms with Crippen LogP contribution in [-0.2, 0) is 5.75 Å². The van der Waals surface area contributed by atoms with Crippen molar-refractivity contribution >= 4 is 44.9 Å². The van der Waals surface area contributed by atoms with Gasteiger partial charge in [0.05, 0.1) is 0 Å². The van der Waals surface area contributed by atoms with Crippen LogP contribution in [0.2, 0.25) is 0 Å². The van der Waals surface area contributed by atoms with E-state index in [2.05, 4.69) is 34.6 Å². The fourth-order valence-corrected chi connectivity index (χ4v) is 4.55. The van der Waals surface area contributed by atoms with Crippen molar-refractivity contribution in [2.45, 2.75) is 17.0 Å². The van der Waals surface area contributed by atoms with E-state index in [0.29, 0.717) is 10.7 Å². The Bertz CT molecular complexity index is 1110. The normalized spacial score (nSPS) is 10.9. The molecule has 4 aromatic rings. The third-order valence-electron chi connectivity index (χ3n) is 4.25. The van der Waals surface area contributed by atoms with E-state index in [-0.39, 0.29) is 5.91 Å². The molecule has 3 aromatic carbocycles. The van der Waals surface area contributed by atoms with Crippen molar-refractivity contribution in [3.63, 3.8) is 0 Å². The number of hydrogen-bond donors (Lipinski definition) is 1. The van der Waals surface area contributed by atoms with Gasteiger partial charge >= 0.3 is 0 Å². The van der Waals surface area contributed by atoms with E-state index in [1.807, 2.05) is 54.6 Å². The monoisotopic (exact) mass is 391 g/mol. The van der Waals surface area contributed by atoms with Crippen LogP contribution in [0.3, 0.4) is 0 Å². The number of thioether (sulfide) groups is 1. The van der Waals surface area contributed by atoms with Crippen LogP contribution in [-0.4, -0.2) is 16.1 Å². The van der Waals surface area contributed by atoms with Crippen LogP contribution in [0.1, 0.15) is 21.5 Å². The van der Waals surface area contributed by atoms with Crippen molar-refractivity contribution in [2.24, 2.45) is 0 Å². The molecule has 0 saturated heterocycles. The molecule has 0 aliphatic rings. The number of rotatable bonds is 5. The van der Waals surface area contributed by atoms with Gasteiger partial charge < -0.3 is 0 Å². The minimum Gasteiger partial charge on any atom is -0.296 e. The molecule has 0 aliphatic heterocycles. The van der Waals surface area contributed by atoms with E-state index in [1.54, 1.807) is 11.8 Å². The average molecular weight is 392 g/mol. The summed E-state index contributed by atoms with van der Waals surface area (Å²) in [7, 11) is 0. The number of amides is 1. The number of fused-ring (bicyclic) bond motifs is 1. The van der Waals surface area contributed by atoms with Gasteiger partial charge in [0.2, 0.25) is 5.13 Å². The summed E-state index contributed by atoms with van der Waals surface area (Å²) in [6.07, 6.45) is 0. The lowest BCUT2D eigenvalue weighted by molar-refractivity contribution is 0.102. The van der Waals surface area contributed by atoms with E-state index < -0.39 is 0 Å². The lowest BCUT2D eigenvalue weighted by Crippen LogP contribution is -2.11. The minimum atomic E-state index is -0.174. The maximum atomic E-state index is 12.5. The lowest BCUT2D eigenvalue weighted by Gasteiger charge is -2.03. The Morgan fingerprint density at radius 2 is 1.78 bits per heavy atom. The number of aromatic nitrogens is 2. The molecule has 0 atom stereocenters. The first-order valence-corrected chi connectivity index (χ1v) is 10.3. The molecule has 4 nitrogen and oxygen atoms in total. The molecule has 1 N–H and O–H groups in total. The van der Waals surface area contributed by atoms with Crippen molar-refractivity contribution in [3.05, 3.63) is 83.4 Å². The number of nitrogens with zero attached hydrogens (tertiary/aromatic N) is 2. The van der Waals surface area contributed by atoms with Crippen molar-refractivity contribution in [2.75, 3.05) is 5.32 Å². The predicted octanol–water partition coefficient (Wildman–Crippen LogP) is 5.54. The fourth-order valence-electron chi connectivity index (χ4n) is 2.73. The van der Waals surface area contributed by atoms with E-state index in [1.165, 1.54) is 22.5 Å². The fraction of sp³-hybridized carbons (Fsp3) is 0.0952. The largest absolute Gasteiger partial charge is 0.296 e. The number of anilines is 1. The summed E-state index contributed by atoms with van der Waals surface area (Å²) in [4.78, 5) is 12.5. The van der Waals surface area contributed by atoms with Gasteiger partial charge in [-0.3, -0.25) is 10.1 Å². The molecule has 1 heterocycles. The zero-order valence-electron chi connectivity index (χ0n) is 14.7. The van der Waals surface area contributed by atoms with Crippen LogP contribution in [0.15, 0.2) is 71.1 Å². The van der Waals surface area contributed by atoms with E-state index in [0.717, 1.165) is 20.9 Å². The summed E-state index contributed by atoms with van der Waals surface area (Å²) in [6, 6.07) is 21.9. The van der Waals surface area contributed by atoms with Crippen molar-refractivity contribution in [3.8, 4) is 0 Å². The van der Waals surface area contributed by atoms with Gasteiger partial charge in [-0.2, -0.15) is 0 Å². The van der Waals surface area contributed by atoms with Gasteiger partial charge in [0.25, 0.3) is 5.91 Å². The zero-order chi connectivity index (χ0) is 18.6. The number of hydrogen-bond acceptors (Lipinski definition) is 5. The van der Waals surface area contributed by atoms with Gasteiger partial charge in [-0.05, 0) is 41.0 Å². The molecule has 0 unspecified atom stereocenters. The van der Waals surface area contributed by atoms with Gasteiger partial charge in [-0.25, -0.2) is 0 Å². The van der Waals surface area contributed by atoms with Gasteiger partial charge in [0.1, 0.15) is 0 Å². The van der Waals surface area contributed by atoms with Crippen LogP contribution in [0.25, 0.3) is 10.8 Å². The number of carbonyl (C=O) groups is 1. The molecular weight excluding hydrogens is 374 g/mol. The van der Waals surface area contributed by atoms with Gasteiger partial charge in [0.15, 0.2) is 4.34 Å². The molecule has 6 heteroatoms. The minimum absolute atomic E-state index is 0.174. The summed E-state index contributed by atoms with van der Waals surface area (Å²) in [5, 5.41) is 13.8. The number of nitrogens with one attached hydrogen (secondary N) is 1. The highest BCUT2D eigenvalue weighted by Crippen LogP contribution is 2.29. The van der Waals surface area contributed by atoms with Gasteiger partial charge in [0, 0.05) is 11.3 Å². The summed E-state index contributed by atoms with van der Waals surface area (Å²) >= 11 is 3.02. The maximum absolute atomic E-state index is 12.5. The highest BCUT2D eigenvalue weighted by Gasteiger charge is 2.11. The first kappa shape index (κ1) is 17.7. The second kappa shape index (κ2) is 7.90. The Balaban J connectivity index is 1.42. The summed E-state index contributed by atoms with van der Waals surface area (Å²) in [5.41, 5.74) is 3.15. The second-order valence-corrected chi connectivity index (χ2v) is 8.30. The molecule has 1 aromatic heterocycles. The van der Waals surface area contributed by atoms with Crippen LogP contribution in [0.5, 0.6) is 0 Å². The molecule has 0 fully saturated rings. The first-order chi connectivity index (χ1) is 13.2. The highest BCUT2D eigenvalue weighted by atomic mass is 32.2. The smallest absolute Gasteiger partial charge is 0.257 e. The highest BCUT2D eigenvalue weighted by molar-refractivity contribution is 8.00. The summed E-state index contributed by atoms with van der Waals surface area (Å²) < 4.78 is 0.840. The average Bonchev–Trinajstić information content (AvgIpc) is 3.14. The predicted molar refractivity (Wildman–Crippen MR) is 113 cm³/mol. The van der Waals surface area contributed by atoms with Crippen LogP contribution in [0.4, 0.5) is 5.13 Å². The van der Waals surface area contributed by atoms with E-state index >= 15 is 0 Å². The van der Waals surface area contributed by atoms with Crippen molar-refractivity contribution in [1.29, 1.82) is 0 Å². The lowest BCUT2D eigenvalue weighted by atomic mass is 10.1. The summed E-state index contributed by atoms with van der Waals surface area (Å²) in [5.74, 6) is 0.660. The molecule has 0 bridgehead atoms. The van der Waals surface area contributed by atoms with Crippen LogP contribution in [0, 0.1) is 6.92 Å². The number of benzene rings is 3. The molecule has 0 radical (unpaired) electrons. The van der Waals surface area contributed by atoms with Gasteiger partial charge in [-0.15, -0.1) is 10.2 Å². The molecule has 27 heavy (non-hydrogen) atoms. The zero-order valence-corrected chi connectivity index (χ0v) is 16.3. The number of carbonyl (C=O) groups excluding carboxylic acids is 1. The van der Waals surface area contributed by atoms with Crippen molar-refractivity contribution in [1.82, 2.24) is 10.2 Å². The molecular formula is C21H17N3OS2. The second-order valence-electron chi connectivity index (χ2n) is 6.10. The van der Waals surface area contributed by atoms with Crippen molar-refractivity contribution < 1.29 is 4.79 Å². The maximum Gasteiger partial charge on any atom is 0.257 e. The molecule has 0 saturated carbocycles. The molecule has 0 aliphatic carbocycles. The third-order valence-corrected chi connectivity index (χ3v) is 6.27. The molecule has 4 rings (SSSR count). The molecule has 0 spiro atoms. The first-order valence-electron chi connectivity index (χ1n) is 8.50. The summed E-state index contributed by atoms with van der Waals surface area (Å²) in [6.45, 7) is 2.10. The number of aryl methyl sites for hydroxylation is 1. The SMILES string of the molecule is Cc1ccccc1CSc1nnc(NC(=O)c2ccc3ccccc3c2)s1. The third kappa shape index (κ3) is 4.18. The topological polar surface area (TPSA) is 54.9 Å². The Morgan fingerprint density at radius 3 is 2.63 bits per heavy atom.